The normalized spacial score (nSPS) is 10.1. The van der Waals surface area contributed by atoms with Gasteiger partial charge in [-0.05, 0) is 12.1 Å². The van der Waals surface area contributed by atoms with Crippen LogP contribution in [0.4, 0.5) is 10.5 Å². The topological polar surface area (TPSA) is 89.7 Å². The standard InChI is InChI=1S/C13H8ClNO5/c14-12-9(5-3-7-11(12)20-13(16)17)8-4-1-2-6-10(8)15(18)19/h1-7H,(H,16,17). The number of nitro groups is 1. The molecule has 0 heterocycles. The highest BCUT2D eigenvalue weighted by atomic mass is 35.5. The Balaban J connectivity index is 2.59. The third-order valence-corrected chi connectivity index (χ3v) is 2.94. The summed E-state index contributed by atoms with van der Waals surface area (Å²) in [6, 6.07) is 10.5. The van der Waals surface area contributed by atoms with Gasteiger partial charge >= 0.3 is 6.16 Å². The molecule has 102 valence electrons. The van der Waals surface area contributed by atoms with E-state index in [1.807, 2.05) is 0 Å². The molecule has 6 nitrogen and oxygen atoms in total. The molecule has 0 atom stereocenters. The molecule has 0 aliphatic heterocycles. The van der Waals surface area contributed by atoms with Crippen LogP contribution in [0.2, 0.25) is 5.02 Å². The van der Waals surface area contributed by atoms with Gasteiger partial charge in [0, 0.05) is 11.6 Å². The Morgan fingerprint density at radius 2 is 1.80 bits per heavy atom. The van der Waals surface area contributed by atoms with Gasteiger partial charge < -0.3 is 9.84 Å². The van der Waals surface area contributed by atoms with Crippen molar-refractivity contribution in [3.05, 3.63) is 57.6 Å². The van der Waals surface area contributed by atoms with Crippen molar-refractivity contribution in [1.29, 1.82) is 0 Å². The first kappa shape index (κ1) is 13.8. The zero-order valence-electron chi connectivity index (χ0n) is 9.95. The first-order valence-electron chi connectivity index (χ1n) is 5.44. The van der Waals surface area contributed by atoms with E-state index in [-0.39, 0.29) is 16.5 Å². The quantitative estimate of drug-likeness (QED) is 0.400. The number of nitrogens with zero attached hydrogens (tertiary/aromatic N) is 1. The van der Waals surface area contributed by atoms with E-state index < -0.39 is 11.1 Å². The Labute approximate surface area is 118 Å². The average molecular weight is 294 g/mol. The van der Waals surface area contributed by atoms with Gasteiger partial charge in [-0.2, -0.15) is 0 Å². The highest BCUT2D eigenvalue weighted by Gasteiger charge is 2.19. The largest absolute Gasteiger partial charge is 0.511 e. The second-order valence-electron chi connectivity index (χ2n) is 3.76. The van der Waals surface area contributed by atoms with Crippen molar-refractivity contribution in [3.63, 3.8) is 0 Å². The Hall–Kier alpha value is -2.60. The van der Waals surface area contributed by atoms with Crippen LogP contribution in [0.3, 0.4) is 0 Å². The molecule has 2 aromatic rings. The molecular formula is C13H8ClNO5. The molecular weight excluding hydrogens is 286 g/mol. The number of carbonyl (C=O) groups is 1. The van der Waals surface area contributed by atoms with E-state index in [4.69, 9.17) is 16.7 Å². The highest BCUT2D eigenvalue weighted by molar-refractivity contribution is 6.35. The van der Waals surface area contributed by atoms with Crippen LogP contribution in [0.25, 0.3) is 11.1 Å². The number of rotatable bonds is 3. The fourth-order valence-corrected chi connectivity index (χ4v) is 2.02. The van der Waals surface area contributed by atoms with E-state index in [1.54, 1.807) is 12.1 Å². The molecule has 0 amide bonds. The van der Waals surface area contributed by atoms with Gasteiger partial charge in [-0.15, -0.1) is 0 Å². The summed E-state index contributed by atoms with van der Waals surface area (Å²) in [5.41, 5.74) is 0.498. The van der Waals surface area contributed by atoms with Crippen molar-refractivity contribution >= 4 is 23.4 Å². The Bertz CT molecular complexity index is 686. The van der Waals surface area contributed by atoms with Crippen LogP contribution in [0.15, 0.2) is 42.5 Å². The van der Waals surface area contributed by atoms with Gasteiger partial charge in [0.15, 0.2) is 5.75 Å². The summed E-state index contributed by atoms with van der Waals surface area (Å²) in [6.45, 7) is 0. The van der Waals surface area contributed by atoms with E-state index in [1.165, 1.54) is 30.3 Å². The van der Waals surface area contributed by atoms with Gasteiger partial charge in [-0.3, -0.25) is 10.1 Å². The minimum absolute atomic E-state index is 0.00389. The van der Waals surface area contributed by atoms with E-state index >= 15 is 0 Å². The molecule has 0 saturated heterocycles. The molecule has 0 spiro atoms. The minimum atomic E-state index is -1.51. The molecule has 7 heteroatoms. The third-order valence-electron chi connectivity index (χ3n) is 2.55. The highest BCUT2D eigenvalue weighted by Crippen LogP contribution is 2.39. The molecule has 20 heavy (non-hydrogen) atoms. The maximum atomic E-state index is 11.0. The van der Waals surface area contributed by atoms with Gasteiger partial charge in [0.25, 0.3) is 5.69 Å². The lowest BCUT2D eigenvalue weighted by atomic mass is 10.0. The van der Waals surface area contributed by atoms with Crippen molar-refractivity contribution in [3.8, 4) is 16.9 Å². The van der Waals surface area contributed by atoms with Crippen LogP contribution >= 0.6 is 11.6 Å². The van der Waals surface area contributed by atoms with Crippen LogP contribution in [-0.4, -0.2) is 16.2 Å². The lowest BCUT2D eigenvalue weighted by molar-refractivity contribution is -0.384. The second-order valence-corrected chi connectivity index (χ2v) is 4.14. The smallest absolute Gasteiger partial charge is 0.449 e. The van der Waals surface area contributed by atoms with Crippen molar-refractivity contribution in [2.45, 2.75) is 0 Å². The number of carboxylic acid groups (broad SMARTS) is 1. The SMILES string of the molecule is O=C(O)Oc1cccc(-c2ccccc2[N+](=O)[O-])c1Cl. The average Bonchev–Trinajstić information content (AvgIpc) is 2.40. The fourth-order valence-electron chi connectivity index (χ4n) is 1.75. The molecule has 0 radical (unpaired) electrons. The Morgan fingerprint density at radius 1 is 1.15 bits per heavy atom. The number of ether oxygens (including phenoxy) is 1. The van der Waals surface area contributed by atoms with Crippen LogP contribution < -0.4 is 4.74 Å². The monoisotopic (exact) mass is 293 g/mol. The molecule has 2 rings (SSSR count). The number of benzene rings is 2. The first-order chi connectivity index (χ1) is 9.50. The summed E-state index contributed by atoms with van der Waals surface area (Å²) < 4.78 is 4.52. The van der Waals surface area contributed by atoms with E-state index in [0.29, 0.717) is 11.1 Å². The summed E-state index contributed by atoms with van der Waals surface area (Å²) in [6.07, 6.45) is -1.51. The van der Waals surface area contributed by atoms with E-state index in [9.17, 15) is 14.9 Å². The van der Waals surface area contributed by atoms with Crippen LogP contribution in [0, 0.1) is 10.1 Å². The summed E-state index contributed by atoms with van der Waals surface area (Å²) in [7, 11) is 0. The summed E-state index contributed by atoms with van der Waals surface area (Å²) >= 11 is 6.05. The molecule has 0 aliphatic rings. The zero-order chi connectivity index (χ0) is 14.7. The molecule has 0 aromatic heterocycles. The fraction of sp³-hybridized carbons (Fsp3) is 0. The van der Waals surface area contributed by atoms with Crippen LogP contribution in [0.1, 0.15) is 0 Å². The predicted octanol–water partition coefficient (Wildman–Crippen LogP) is 3.97. The number of para-hydroxylation sites is 1. The van der Waals surface area contributed by atoms with Gasteiger partial charge in [-0.25, -0.2) is 4.79 Å². The van der Waals surface area contributed by atoms with E-state index in [0.717, 1.165) is 0 Å². The molecule has 0 fully saturated rings. The second kappa shape index (κ2) is 5.58. The predicted molar refractivity (Wildman–Crippen MR) is 72.2 cm³/mol. The summed E-state index contributed by atoms with van der Waals surface area (Å²) in [5.74, 6) is -0.0742. The maximum absolute atomic E-state index is 11.0. The number of hydrogen-bond donors (Lipinski definition) is 1. The van der Waals surface area contributed by atoms with Crippen molar-refractivity contribution in [1.82, 2.24) is 0 Å². The number of nitro benzene ring substituents is 1. The lowest BCUT2D eigenvalue weighted by Gasteiger charge is -2.08. The molecule has 1 N–H and O–H groups in total. The van der Waals surface area contributed by atoms with Gasteiger partial charge in [-0.1, -0.05) is 35.9 Å². The number of hydrogen-bond acceptors (Lipinski definition) is 4. The van der Waals surface area contributed by atoms with Crippen LogP contribution in [0.5, 0.6) is 5.75 Å². The Morgan fingerprint density at radius 3 is 2.45 bits per heavy atom. The van der Waals surface area contributed by atoms with Gasteiger partial charge in [0.1, 0.15) is 0 Å². The Kier molecular flexibility index (Phi) is 3.86. The molecule has 0 bridgehead atoms. The number of halogens is 1. The zero-order valence-corrected chi connectivity index (χ0v) is 10.7. The van der Waals surface area contributed by atoms with Crippen molar-refractivity contribution in [2.75, 3.05) is 0 Å². The van der Waals surface area contributed by atoms with Crippen LogP contribution in [-0.2, 0) is 0 Å². The molecule has 0 unspecified atom stereocenters. The van der Waals surface area contributed by atoms with Gasteiger partial charge in [0.05, 0.1) is 15.5 Å². The molecule has 0 aliphatic carbocycles. The maximum Gasteiger partial charge on any atom is 0.511 e. The van der Waals surface area contributed by atoms with Crippen molar-refractivity contribution < 1.29 is 19.6 Å². The molecule has 2 aromatic carbocycles. The lowest BCUT2D eigenvalue weighted by Crippen LogP contribution is -2.03. The summed E-state index contributed by atoms with van der Waals surface area (Å²) in [4.78, 5) is 21.0. The summed E-state index contributed by atoms with van der Waals surface area (Å²) in [5, 5.41) is 19.6. The van der Waals surface area contributed by atoms with E-state index in [2.05, 4.69) is 4.74 Å². The van der Waals surface area contributed by atoms with Crippen molar-refractivity contribution in [2.24, 2.45) is 0 Å². The molecule has 0 saturated carbocycles. The van der Waals surface area contributed by atoms with Gasteiger partial charge in [0.2, 0.25) is 0 Å². The first-order valence-corrected chi connectivity index (χ1v) is 5.81. The third kappa shape index (κ3) is 2.70. The minimum Gasteiger partial charge on any atom is -0.449 e.